The van der Waals surface area contributed by atoms with Gasteiger partial charge >= 0.3 is 0 Å². The van der Waals surface area contributed by atoms with E-state index >= 15 is 0 Å². The molecule has 0 aliphatic carbocycles. The Morgan fingerprint density at radius 3 is 1.72 bits per heavy atom. The second-order valence-corrected chi connectivity index (χ2v) is 9.01. The average molecular weight is 511 g/mol. The van der Waals surface area contributed by atoms with E-state index in [1.54, 1.807) is 18.2 Å². The summed E-state index contributed by atoms with van der Waals surface area (Å²) in [6.07, 6.45) is 0. The summed E-state index contributed by atoms with van der Waals surface area (Å²) >= 11 is 0. The number of hydrogen-bond acceptors (Lipinski definition) is 1. The zero-order valence-electron chi connectivity index (χ0n) is 34.2. The maximum Gasteiger partial charge on any atom is 0.143 e. The molecule has 0 N–H and O–H groups in total. The summed E-state index contributed by atoms with van der Waals surface area (Å²) in [6.45, 7) is 0. The van der Waals surface area contributed by atoms with E-state index in [1.165, 1.54) is 6.07 Å². The van der Waals surface area contributed by atoms with Gasteiger partial charge in [0.1, 0.15) is 11.2 Å². The molecule has 1 heteroatoms. The first kappa shape index (κ1) is 12.1. The van der Waals surface area contributed by atoms with E-state index in [9.17, 15) is 4.11 Å². The van der Waals surface area contributed by atoms with Crippen molar-refractivity contribution in [1.82, 2.24) is 0 Å². The number of benzene rings is 7. The van der Waals surface area contributed by atoms with Crippen molar-refractivity contribution in [2.45, 2.75) is 0 Å². The molecule has 0 aliphatic rings. The van der Waals surface area contributed by atoms with Crippen molar-refractivity contribution in [3.05, 3.63) is 145 Å². The molecule has 7 aromatic carbocycles. The van der Waals surface area contributed by atoms with Crippen molar-refractivity contribution in [1.29, 1.82) is 0 Å². The topological polar surface area (TPSA) is 13.1 Å². The summed E-state index contributed by atoms with van der Waals surface area (Å²) in [5.74, 6) is 0. The van der Waals surface area contributed by atoms with E-state index in [4.69, 9.17) is 19.5 Å². The third-order valence-corrected chi connectivity index (χ3v) is 6.88. The maximum atomic E-state index is 9.63. The Bertz CT molecular complexity index is 2840. The number of rotatable bonds is 3. The Morgan fingerprint density at radius 2 is 1.00 bits per heavy atom. The maximum absolute atomic E-state index is 9.63. The van der Waals surface area contributed by atoms with Gasteiger partial charge in [-0.05, 0) is 61.5 Å². The molecule has 0 saturated heterocycles. The van der Waals surface area contributed by atoms with E-state index < -0.39 is 84.1 Å². The van der Waals surface area contributed by atoms with Crippen LogP contribution in [0.25, 0.3) is 76.9 Å². The lowest BCUT2D eigenvalue weighted by molar-refractivity contribution is 0.670. The molecule has 182 valence electrons. The van der Waals surface area contributed by atoms with Crippen molar-refractivity contribution < 1.29 is 23.6 Å². The van der Waals surface area contributed by atoms with Crippen molar-refractivity contribution in [3.8, 4) is 33.4 Å². The van der Waals surface area contributed by atoms with E-state index in [0.29, 0.717) is 22.3 Å². The highest BCUT2D eigenvalue weighted by molar-refractivity contribution is 6.21. The lowest BCUT2D eigenvalue weighted by Gasteiger charge is -2.18. The average Bonchev–Trinajstić information content (AvgIpc) is 3.55. The molecule has 0 spiro atoms. The Balaban J connectivity index is 1.63. The van der Waals surface area contributed by atoms with Gasteiger partial charge in [0.05, 0.1) is 19.2 Å². The van der Waals surface area contributed by atoms with Gasteiger partial charge in [-0.1, -0.05) is 133 Å². The molecule has 1 heterocycles. The van der Waals surface area contributed by atoms with E-state index in [0.717, 1.165) is 10.8 Å². The normalized spacial score (nSPS) is 16.6. The van der Waals surface area contributed by atoms with Gasteiger partial charge in [-0.15, -0.1) is 0 Å². The molecule has 0 unspecified atom stereocenters. The number of hydrogen-bond donors (Lipinski definition) is 0. The van der Waals surface area contributed by atoms with Crippen LogP contribution in [0.3, 0.4) is 0 Å². The second kappa shape index (κ2) is 8.72. The first-order valence-electron chi connectivity index (χ1n) is 19.2. The number of para-hydroxylation sites is 2. The monoisotopic (exact) mass is 510 g/mol. The Kier molecular flexibility index (Phi) is 2.72. The predicted octanol–water partition coefficient (Wildman–Crippen LogP) is 10.9. The van der Waals surface area contributed by atoms with Crippen LogP contribution < -0.4 is 0 Å². The van der Waals surface area contributed by atoms with Crippen LogP contribution in [0.1, 0.15) is 19.2 Å². The Morgan fingerprint density at radius 1 is 0.436 bits per heavy atom. The van der Waals surface area contributed by atoms with Crippen molar-refractivity contribution >= 4 is 43.5 Å². The molecule has 0 bridgehead atoms. The molecule has 0 radical (unpaired) electrons. The zero-order chi connectivity index (χ0) is 37.9. The zero-order valence-corrected chi connectivity index (χ0v) is 20.2. The molecule has 0 aliphatic heterocycles. The first-order chi connectivity index (χ1) is 25.2. The fourth-order valence-corrected chi connectivity index (χ4v) is 5.25. The summed E-state index contributed by atoms with van der Waals surface area (Å²) in [7, 11) is 0. The number of fused-ring (bicyclic) bond motifs is 5. The van der Waals surface area contributed by atoms with E-state index in [2.05, 4.69) is 0 Å². The third kappa shape index (κ3) is 3.41. The van der Waals surface area contributed by atoms with E-state index in [1.807, 2.05) is 36.4 Å². The lowest BCUT2D eigenvalue weighted by atomic mass is 9.85. The Hall–Kier alpha value is -5.14. The van der Waals surface area contributed by atoms with Gasteiger partial charge in [0.25, 0.3) is 0 Å². The van der Waals surface area contributed by atoms with Gasteiger partial charge in [0, 0.05) is 16.3 Å². The van der Waals surface area contributed by atoms with Crippen LogP contribution in [0, 0.1) is 0 Å². The Labute approximate surface area is 246 Å². The molecule has 1 aromatic heterocycles. The van der Waals surface area contributed by atoms with Crippen LogP contribution in [0.4, 0.5) is 0 Å². The first-order valence-corrected chi connectivity index (χ1v) is 12.2. The van der Waals surface area contributed by atoms with Gasteiger partial charge in [-0.25, -0.2) is 0 Å². The highest BCUT2D eigenvalue weighted by atomic mass is 16.3. The quantitative estimate of drug-likeness (QED) is 0.215. The van der Waals surface area contributed by atoms with Crippen LogP contribution in [0.15, 0.2) is 150 Å². The fraction of sp³-hybridized carbons (Fsp3) is 0. The summed E-state index contributed by atoms with van der Waals surface area (Å²) in [5, 5.41) is 0.507. The van der Waals surface area contributed by atoms with Crippen LogP contribution >= 0.6 is 0 Å². The van der Waals surface area contributed by atoms with Crippen molar-refractivity contribution in [2.75, 3.05) is 0 Å². The molecule has 8 rings (SSSR count). The van der Waals surface area contributed by atoms with Crippen LogP contribution in [0.5, 0.6) is 0 Å². The van der Waals surface area contributed by atoms with Gasteiger partial charge in [-0.3, -0.25) is 0 Å². The van der Waals surface area contributed by atoms with Crippen LogP contribution in [-0.2, 0) is 0 Å². The molecule has 8 aromatic rings. The minimum absolute atomic E-state index is 0.0632. The lowest BCUT2D eigenvalue weighted by Crippen LogP contribution is -1.91. The standard InChI is InChI=1S/C38H24O/c1-2-12-25(13-3-1)36-30-17-4-6-19-32(30)37(33-20-7-5-18-31(33)36)27-15-10-14-26(24-27)28-21-11-22-34-29-16-8-9-23-35(29)39-38(28)34/h1-24H/i1D,2D,3D,4D,5D,6D,7D,12D,13D,17D,18D,19D,20D,24D. The van der Waals surface area contributed by atoms with Crippen molar-refractivity contribution in [3.63, 3.8) is 0 Å². The molecule has 39 heavy (non-hydrogen) atoms. The minimum atomic E-state index is -0.742. The van der Waals surface area contributed by atoms with Gasteiger partial charge in [0.15, 0.2) is 0 Å². The number of furan rings is 1. The van der Waals surface area contributed by atoms with Gasteiger partial charge in [-0.2, -0.15) is 0 Å². The summed E-state index contributed by atoms with van der Waals surface area (Å²) in [6, 6.07) is 8.68. The molecule has 1 nitrogen and oxygen atoms in total. The van der Waals surface area contributed by atoms with Crippen LogP contribution in [-0.4, -0.2) is 0 Å². The van der Waals surface area contributed by atoms with Gasteiger partial charge < -0.3 is 4.42 Å². The highest BCUT2D eigenvalue weighted by Crippen LogP contribution is 2.44. The SMILES string of the molecule is [2H]c1c(-c2cccc3c2oc2ccccc23)cccc1-c1c2c([2H])c([2H])c([2H])c([2H])c2c(-c2c([2H])c([2H])c([2H])c([2H])c2[2H])c2c([2H])c([2H])c([2H])c([2H])c12. The molecule has 0 saturated carbocycles. The van der Waals surface area contributed by atoms with Crippen molar-refractivity contribution in [2.24, 2.45) is 0 Å². The predicted molar refractivity (Wildman–Crippen MR) is 165 cm³/mol. The largest absolute Gasteiger partial charge is 0.455 e. The molecular weight excluding hydrogens is 472 g/mol. The fourth-order valence-electron chi connectivity index (χ4n) is 5.25. The molecule has 0 amide bonds. The third-order valence-electron chi connectivity index (χ3n) is 6.88. The second-order valence-electron chi connectivity index (χ2n) is 9.01. The van der Waals surface area contributed by atoms with E-state index in [-0.39, 0.29) is 44.3 Å². The molecule has 0 fully saturated rings. The molecule has 0 atom stereocenters. The molecular formula is C38H24O. The summed E-state index contributed by atoms with van der Waals surface area (Å²) in [4.78, 5) is 0. The highest BCUT2D eigenvalue weighted by Gasteiger charge is 2.17. The summed E-state index contributed by atoms with van der Waals surface area (Å²) < 4.78 is 130. The summed E-state index contributed by atoms with van der Waals surface area (Å²) in [5.41, 5.74) is 1.12. The minimum Gasteiger partial charge on any atom is -0.455 e. The van der Waals surface area contributed by atoms with Gasteiger partial charge in [0.2, 0.25) is 0 Å². The smallest absolute Gasteiger partial charge is 0.143 e. The van der Waals surface area contributed by atoms with Crippen LogP contribution in [0.2, 0.25) is 0 Å².